The van der Waals surface area contributed by atoms with Crippen LogP contribution < -0.4 is 0 Å². The Morgan fingerprint density at radius 3 is 2.09 bits per heavy atom. The van der Waals surface area contributed by atoms with E-state index in [2.05, 4.69) is 87.5 Å². The van der Waals surface area contributed by atoms with Gasteiger partial charge in [0.2, 0.25) is 0 Å². The standard InChI is InChI=1S/C23H28/c1-4-8-20(12-11-19(2)3)13-14-21-15-17-23(18-16-21)22-9-6-5-7-10-22/h5-11,15-18H,4,12-14H2,1-3H3/b20-8+. The van der Waals surface area contributed by atoms with Crippen molar-refractivity contribution in [3.63, 3.8) is 0 Å². The highest BCUT2D eigenvalue weighted by molar-refractivity contribution is 5.63. The van der Waals surface area contributed by atoms with Crippen LogP contribution in [-0.2, 0) is 6.42 Å². The second-order valence-corrected chi connectivity index (χ2v) is 6.32. The van der Waals surface area contributed by atoms with E-state index in [1.165, 1.54) is 22.3 Å². The molecule has 2 rings (SSSR count). The zero-order chi connectivity index (χ0) is 16.5. The zero-order valence-electron chi connectivity index (χ0n) is 14.7. The van der Waals surface area contributed by atoms with Crippen LogP contribution in [0.3, 0.4) is 0 Å². The number of hydrogen-bond donors (Lipinski definition) is 0. The average Bonchev–Trinajstić information content (AvgIpc) is 2.58. The molecule has 0 fully saturated rings. The van der Waals surface area contributed by atoms with Gasteiger partial charge in [0.1, 0.15) is 0 Å². The lowest BCUT2D eigenvalue weighted by molar-refractivity contribution is 0.896. The fourth-order valence-corrected chi connectivity index (χ4v) is 2.71. The number of hydrogen-bond acceptors (Lipinski definition) is 0. The van der Waals surface area contributed by atoms with Crippen molar-refractivity contribution in [1.82, 2.24) is 0 Å². The predicted octanol–water partition coefficient (Wildman–Crippen LogP) is 6.98. The smallest absolute Gasteiger partial charge is 0.0136 e. The molecule has 0 atom stereocenters. The SMILES string of the molecule is CC/C=C(\CC=C(C)C)CCc1ccc(-c2ccccc2)cc1. The maximum absolute atomic E-state index is 2.39. The van der Waals surface area contributed by atoms with Gasteiger partial charge < -0.3 is 0 Å². The van der Waals surface area contributed by atoms with Crippen LogP contribution in [0.4, 0.5) is 0 Å². The number of allylic oxidation sites excluding steroid dienone is 4. The molecule has 0 spiro atoms. The van der Waals surface area contributed by atoms with Crippen LogP contribution in [0.5, 0.6) is 0 Å². The molecule has 0 nitrogen and oxygen atoms in total. The Hall–Kier alpha value is -2.08. The lowest BCUT2D eigenvalue weighted by atomic mass is 9.98. The van der Waals surface area contributed by atoms with Crippen LogP contribution in [0, 0.1) is 0 Å². The summed E-state index contributed by atoms with van der Waals surface area (Å²) in [4.78, 5) is 0. The van der Waals surface area contributed by atoms with Crippen molar-refractivity contribution in [2.75, 3.05) is 0 Å². The van der Waals surface area contributed by atoms with Crippen molar-refractivity contribution in [2.24, 2.45) is 0 Å². The van der Waals surface area contributed by atoms with Gasteiger partial charge >= 0.3 is 0 Å². The second-order valence-electron chi connectivity index (χ2n) is 6.32. The van der Waals surface area contributed by atoms with E-state index in [9.17, 15) is 0 Å². The van der Waals surface area contributed by atoms with Gasteiger partial charge in [0.25, 0.3) is 0 Å². The summed E-state index contributed by atoms with van der Waals surface area (Å²) in [5.74, 6) is 0. The van der Waals surface area contributed by atoms with E-state index in [0.717, 1.165) is 25.7 Å². The van der Waals surface area contributed by atoms with Crippen molar-refractivity contribution >= 4 is 0 Å². The normalized spacial score (nSPS) is 11.3. The molecule has 0 N–H and O–H groups in total. The molecule has 23 heavy (non-hydrogen) atoms. The van der Waals surface area contributed by atoms with Gasteiger partial charge in [-0.1, -0.05) is 84.8 Å². The van der Waals surface area contributed by atoms with Gasteiger partial charge in [-0.25, -0.2) is 0 Å². The summed E-state index contributed by atoms with van der Waals surface area (Å²) in [7, 11) is 0. The minimum Gasteiger partial charge on any atom is -0.0853 e. The molecule has 0 amide bonds. The first-order valence-corrected chi connectivity index (χ1v) is 8.64. The van der Waals surface area contributed by atoms with Crippen LogP contribution in [-0.4, -0.2) is 0 Å². The molecule has 0 heteroatoms. The van der Waals surface area contributed by atoms with Gasteiger partial charge in [-0.2, -0.15) is 0 Å². The molecule has 0 aliphatic heterocycles. The maximum atomic E-state index is 2.39. The van der Waals surface area contributed by atoms with Crippen LogP contribution in [0.1, 0.15) is 45.6 Å². The van der Waals surface area contributed by atoms with Crippen molar-refractivity contribution in [2.45, 2.75) is 46.5 Å². The first-order chi connectivity index (χ1) is 11.2. The Morgan fingerprint density at radius 2 is 1.48 bits per heavy atom. The highest BCUT2D eigenvalue weighted by Gasteiger charge is 2.00. The molecule has 0 heterocycles. The van der Waals surface area contributed by atoms with E-state index in [-0.39, 0.29) is 0 Å². The summed E-state index contributed by atoms with van der Waals surface area (Å²) in [5, 5.41) is 0. The molecule has 0 aromatic heterocycles. The van der Waals surface area contributed by atoms with Crippen LogP contribution in [0.15, 0.2) is 77.9 Å². The molecule has 0 radical (unpaired) electrons. The van der Waals surface area contributed by atoms with Crippen molar-refractivity contribution in [1.29, 1.82) is 0 Å². The summed E-state index contributed by atoms with van der Waals surface area (Å²) < 4.78 is 0. The largest absolute Gasteiger partial charge is 0.0853 e. The van der Waals surface area contributed by atoms with Crippen molar-refractivity contribution < 1.29 is 0 Å². The summed E-state index contributed by atoms with van der Waals surface area (Å²) in [6, 6.07) is 19.6. The second kappa shape index (κ2) is 9.15. The Morgan fingerprint density at radius 1 is 0.826 bits per heavy atom. The Bertz CT molecular complexity index is 638. The van der Waals surface area contributed by atoms with Gasteiger partial charge in [0, 0.05) is 0 Å². The summed E-state index contributed by atoms with van der Waals surface area (Å²) >= 11 is 0. The van der Waals surface area contributed by atoms with Gasteiger partial charge in [0.15, 0.2) is 0 Å². The first-order valence-electron chi connectivity index (χ1n) is 8.64. The molecule has 0 bridgehead atoms. The lowest BCUT2D eigenvalue weighted by Gasteiger charge is -2.07. The molecule has 0 saturated carbocycles. The van der Waals surface area contributed by atoms with E-state index in [1.54, 1.807) is 5.57 Å². The fraction of sp³-hybridized carbons (Fsp3) is 0.304. The van der Waals surface area contributed by atoms with Crippen LogP contribution in [0.25, 0.3) is 11.1 Å². The average molecular weight is 304 g/mol. The summed E-state index contributed by atoms with van der Waals surface area (Å²) in [6.45, 7) is 6.56. The summed E-state index contributed by atoms with van der Waals surface area (Å²) in [5.41, 5.74) is 6.96. The molecular weight excluding hydrogens is 276 g/mol. The Balaban J connectivity index is 1.97. The first kappa shape index (κ1) is 17.3. The quantitative estimate of drug-likeness (QED) is 0.484. The molecule has 2 aromatic rings. The van der Waals surface area contributed by atoms with E-state index in [4.69, 9.17) is 0 Å². The van der Waals surface area contributed by atoms with Gasteiger partial charge in [-0.15, -0.1) is 0 Å². The molecule has 0 unspecified atom stereocenters. The lowest BCUT2D eigenvalue weighted by Crippen LogP contribution is -1.90. The minimum atomic E-state index is 1.10. The van der Waals surface area contributed by atoms with E-state index < -0.39 is 0 Å². The number of benzene rings is 2. The van der Waals surface area contributed by atoms with Crippen LogP contribution >= 0.6 is 0 Å². The third-order valence-electron chi connectivity index (χ3n) is 4.06. The summed E-state index contributed by atoms with van der Waals surface area (Å²) in [6.07, 6.45) is 9.22. The third kappa shape index (κ3) is 5.90. The van der Waals surface area contributed by atoms with Crippen LogP contribution in [0.2, 0.25) is 0 Å². The number of aryl methyl sites for hydroxylation is 1. The molecule has 2 aromatic carbocycles. The minimum absolute atomic E-state index is 1.10. The monoisotopic (exact) mass is 304 g/mol. The van der Waals surface area contributed by atoms with Gasteiger partial charge in [-0.05, 0) is 56.2 Å². The highest BCUT2D eigenvalue weighted by atomic mass is 14.1. The van der Waals surface area contributed by atoms with Gasteiger partial charge in [0.05, 0.1) is 0 Å². The molecule has 0 aliphatic rings. The maximum Gasteiger partial charge on any atom is -0.0136 e. The molecule has 0 saturated heterocycles. The molecular formula is C23H28. The van der Waals surface area contributed by atoms with Crippen molar-refractivity contribution in [3.8, 4) is 11.1 Å². The third-order valence-corrected chi connectivity index (χ3v) is 4.06. The zero-order valence-corrected chi connectivity index (χ0v) is 14.7. The van der Waals surface area contributed by atoms with Crippen molar-refractivity contribution in [3.05, 3.63) is 83.5 Å². The molecule has 0 aliphatic carbocycles. The Kier molecular flexibility index (Phi) is 6.87. The van der Waals surface area contributed by atoms with E-state index in [1.807, 2.05) is 0 Å². The van der Waals surface area contributed by atoms with Gasteiger partial charge in [-0.3, -0.25) is 0 Å². The van der Waals surface area contributed by atoms with E-state index >= 15 is 0 Å². The predicted molar refractivity (Wildman–Crippen MR) is 103 cm³/mol. The molecule has 120 valence electrons. The van der Waals surface area contributed by atoms with E-state index in [0.29, 0.717) is 0 Å². The Labute approximate surface area is 141 Å². The highest BCUT2D eigenvalue weighted by Crippen LogP contribution is 2.21. The fourth-order valence-electron chi connectivity index (χ4n) is 2.71. The number of rotatable bonds is 7. The topological polar surface area (TPSA) is 0 Å².